The topological polar surface area (TPSA) is 150 Å². The van der Waals surface area contributed by atoms with Crippen molar-refractivity contribution in [1.29, 1.82) is 0 Å². The van der Waals surface area contributed by atoms with Gasteiger partial charge >= 0.3 is 0 Å². The average Bonchev–Trinajstić information content (AvgIpc) is 3.60. The number of nitrogens with two attached hydrogens (primary N) is 1. The number of imidazole rings is 1. The lowest BCUT2D eigenvalue weighted by Gasteiger charge is -2.14. The van der Waals surface area contributed by atoms with E-state index in [0.29, 0.717) is 61.1 Å². The molecule has 3 atom stereocenters. The predicted molar refractivity (Wildman–Crippen MR) is 133 cm³/mol. The zero-order valence-electron chi connectivity index (χ0n) is 20.7. The van der Waals surface area contributed by atoms with Gasteiger partial charge in [-0.1, -0.05) is 17.0 Å². The fourth-order valence-corrected chi connectivity index (χ4v) is 4.55. The Morgan fingerprint density at radius 2 is 2.19 bits per heavy atom. The van der Waals surface area contributed by atoms with E-state index in [1.54, 1.807) is 29.7 Å². The molecule has 1 fully saturated rings. The maximum Gasteiger partial charge on any atom is 0.270 e. The zero-order chi connectivity index (χ0) is 26.2. The fourth-order valence-electron chi connectivity index (χ4n) is 4.55. The van der Waals surface area contributed by atoms with E-state index in [1.165, 1.54) is 0 Å². The van der Waals surface area contributed by atoms with Crippen LogP contribution in [0.3, 0.4) is 0 Å². The minimum absolute atomic E-state index is 0.101. The van der Waals surface area contributed by atoms with Crippen LogP contribution < -0.4 is 15.8 Å². The van der Waals surface area contributed by atoms with Crippen LogP contribution >= 0.6 is 0 Å². The summed E-state index contributed by atoms with van der Waals surface area (Å²) in [7, 11) is 0. The first-order valence-electron chi connectivity index (χ1n) is 12.2. The summed E-state index contributed by atoms with van der Waals surface area (Å²) in [6.45, 7) is 5.69. The van der Waals surface area contributed by atoms with Crippen molar-refractivity contribution < 1.29 is 29.0 Å². The van der Waals surface area contributed by atoms with Crippen LogP contribution in [0.2, 0.25) is 0 Å². The van der Waals surface area contributed by atoms with E-state index >= 15 is 0 Å². The van der Waals surface area contributed by atoms with E-state index < -0.39 is 17.4 Å². The van der Waals surface area contributed by atoms with Gasteiger partial charge in [0.1, 0.15) is 35.7 Å². The van der Waals surface area contributed by atoms with Crippen LogP contribution in [0.15, 0.2) is 23.4 Å². The molecule has 3 aliphatic heterocycles. The maximum absolute atomic E-state index is 13.2. The van der Waals surface area contributed by atoms with Crippen molar-refractivity contribution in [2.45, 2.75) is 44.9 Å². The van der Waals surface area contributed by atoms with Gasteiger partial charge in [0.2, 0.25) is 0 Å². The van der Waals surface area contributed by atoms with Gasteiger partial charge in [0, 0.05) is 31.1 Å². The van der Waals surface area contributed by atoms with Gasteiger partial charge in [0.05, 0.1) is 18.7 Å². The third kappa shape index (κ3) is 5.03. The second-order valence-corrected chi connectivity index (χ2v) is 9.63. The van der Waals surface area contributed by atoms with Crippen LogP contribution in [0, 0.1) is 17.8 Å². The molecule has 0 bridgehead atoms. The molecule has 0 saturated carbocycles. The largest absolute Gasteiger partial charge is 0.491 e. The van der Waals surface area contributed by atoms with Crippen molar-refractivity contribution in [2.24, 2.45) is 16.8 Å². The van der Waals surface area contributed by atoms with Crippen LogP contribution in [0.1, 0.15) is 53.2 Å². The Morgan fingerprint density at radius 1 is 1.35 bits per heavy atom. The van der Waals surface area contributed by atoms with Crippen molar-refractivity contribution in [2.75, 3.05) is 26.4 Å². The fraction of sp³-hybridized carbons (Fsp3) is 0.462. The summed E-state index contributed by atoms with van der Waals surface area (Å²) in [4.78, 5) is 35.1. The standard InChI is InChI=1S/C26H29N5O6/c1-15-11-20(30-37-15)26(2,34)7-5-16-3-4-19-18(12-16)24-29-21(23(27)32)22(31(24)8-10-36-19)25(33)28-13-17-6-9-35-14-17/h3-4,12,15,17,34H,6,8-11,13-14H2,1-2H3,(H2,27,32)(H,28,33). The summed E-state index contributed by atoms with van der Waals surface area (Å²) in [5.41, 5.74) is 5.77. The molecule has 4 N–H and O–H groups in total. The number of ether oxygens (including phenoxy) is 2. The highest BCUT2D eigenvalue weighted by Crippen LogP contribution is 2.34. The molecule has 1 saturated heterocycles. The van der Waals surface area contributed by atoms with Crippen molar-refractivity contribution in [3.8, 4) is 29.0 Å². The number of benzene rings is 1. The van der Waals surface area contributed by atoms with E-state index in [0.717, 1.165) is 6.42 Å². The van der Waals surface area contributed by atoms with E-state index in [4.69, 9.17) is 20.0 Å². The normalized spacial score (nSPS) is 21.6. The van der Waals surface area contributed by atoms with Gasteiger partial charge in [0.15, 0.2) is 11.3 Å². The molecular formula is C26H29N5O6. The number of rotatable bonds is 5. The van der Waals surface area contributed by atoms with Gasteiger partial charge in [-0.05, 0) is 38.5 Å². The van der Waals surface area contributed by atoms with Gasteiger partial charge in [0.25, 0.3) is 11.8 Å². The first-order chi connectivity index (χ1) is 17.7. The summed E-state index contributed by atoms with van der Waals surface area (Å²) in [5, 5.41) is 17.6. The molecular weight excluding hydrogens is 478 g/mol. The number of oxime groups is 1. The highest BCUT2D eigenvalue weighted by atomic mass is 16.6. The monoisotopic (exact) mass is 507 g/mol. The first-order valence-corrected chi connectivity index (χ1v) is 12.2. The molecule has 1 aromatic heterocycles. The van der Waals surface area contributed by atoms with Gasteiger partial charge in [-0.2, -0.15) is 0 Å². The second-order valence-electron chi connectivity index (χ2n) is 9.63. The number of carbonyl (C=O) groups is 2. The summed E-state index contributed by atoms with van der Waals surface area (Å²) in [5.74, 6) is 5.76. The lowest BCUT2D eigenvalue weighted by molar-refractivity contribution is 0.0918. The zero-order valence-corrected chi connectivity index (χ0v) is 20.7. The Hall–Kier alpha value is -3.88. The summed E-state index contributed by atoms with van der Waals surface area (Å²) < 4.78 is 12.9. The molecule has 11 nitrogen and oxygen atoms in total. The molecule has 0 spiro atoms. The molecule has 11 heteroatoms. The van der Waals surface area contributed by atoms with Gasteiger partial charge in [-0.3, -0.25) is 9.59 Å². The smallest absolute Gasteiger partial charge is 0.270 e. The molecule has 0 radical (unpaired) electrons. The Kier molecular flexibility index (Phi) is 6.62. The lowest BCUT2D eigenvalue weighted by Crippen LogP contribution is -2.33. The van der Waals surface area contributed by atoms with Crippen LogP contribution in [-0.2, 0) is 16.1 Å². The van der Waals surface area contributed by atoms with E-state index in [1.807, 2.05) is 6.92 Å². The van der Waals surface area contributed by atoms with Crippen LogP contribution in [0.4, 0.5) is 0 Å². The number of fused-ring (bicyclic) bond motifs is 3. The summed E-state index contributed by atoms with van der Waals surface area (Å²) in [6.07, 6.45) is 1.25. The number of hydrogen-bond donors (Lipinski definition) is 3. The van der Waals surface area contributed by atoms with Crippen molar-refractivity contribution in [3.05, 3.63) is 35.2 Å². The van der Waals surface area contributed by atoms with Crippen LogP contribution in [-0.4, -0.2) is 70.3 Å². The number of aromatic nitrogens is 2. The molecule has 4 heterocycles. The number of nitrogens with zero attached hydrogens (tertiary/aromatic N) is 3. The Balaban J connectivity index is 1.48. The van der Waals surface area contributed by atoms with Gasteiger partial charge in [-0.15, -0.1) is 0 Å². The molecule has 37 heavy (non-hydrogen) atoms. The van der Waals surface area contributed by atoms with Crippen molar-refractivity contribution >= 4 is 17.5 Å². The number of nitrogens with one attached hydrogen (secondary N) is 1. The summed E-state index contributed by atoms with van der Waals surface area (Å²) >= 11 is 0. The Bertz CT molecular complexity index is 1330. The number of aliphatic hydroxyl groups is 1. The summed E-state index contributed by atoms with van der Waals surface area (Å²) in [6, 6.07) is 5.27. The third-order valence-corrected chi connectivity index (χ3v) is 6.62. The number of primary amides is 1. The molecule has 3 aliphatic rings. The van der Waals surface area contributed by atoms with Crippen LogP contribution in [0.25, 0.3) is 11.4 Å². The lowest BCUT2D eigenvalue weighted by atomic mass is 9.96. The quantitative estimate of drug-likeness (QED) is 0.513. The molecule has 1 aromatic carbocycles. The molecule has 3 unspecified atom stereocenters. The third-order valence-electron chi connectivity index (χ3n) is 6.62. The average molecular weight is 508 g/mol. The molecule has 5 rings (SSSR count). The minimum atomic E-state index is -1.46. The highest BCUT2D eigenvalue weighted by molar-refractivity contribution is 6.05. The Labute approximate surface area is 214 Å². The molecule has 2 aromatic rings. The minimum Gasteiger partial charge on any atom is -0.491 e. The highest BCUT2D eigenvalue weighted by Gasteiger charge is 2.32. The maximum atomic E-state index is 13.2. The SMILES string of the molecule is CC1CC(C(C)(O)C#Cc2ccc3c(c2)-c2nc(C(N)=O)c(C(=O)NCC4CCOC4)n2CCO3)=NO1. The number of hydrogen-bond acceptors (Lipinski definition) is 8. The number of amides is 2. The second kappa shape index (κ2) is 9.88. The predicted octanol–water partition coefficient (Wildman–Crippen LogP) is 1.08. The molecule has 0 aliphatic carbocycles. The van der Waals surface area contributed by atoms with E-state index in [-0.39, 0.29) is 30.0 Å². The molecule has 2 amide bonds. The van der Waals surface area contributed by atoms with E-state index in [9.17, 15) is 14.7 Å². The van der Waals surface area contributed by atoms with Crippen LogP contribution in [0.5, 0.6) is 5.75 Å². The van der Waals surface area contributed by atoms with Crippen molar-refractivity contribution in [3.63, 3.8) is 0 Å². The first kappa shape index (κ1) is 24.8. The van der Waals surface area contributed by atoms with Gasteiger partial charge in [-0.25, -0.2) is 4.98 Å². The molecule has 194 valence electrons. The number of carbonyl (C=O) groups excluding carboxylic acids is 2. The van der Waals surface area contributed by atoms with E-state index in [2.05, 4.69) is 27.3 Å². The Morgan fingerprint density at radius 3 is 2.89 bits per heavy atom. The van der Waals surface area contributed by atoms with Gasteiger partial charge < -0.3 is 35.0 Å². The van der Waals surface area contributed by atoms with Crippen molar-refractivity contribution in [1.82, 2.24) is 14.9 Å².